The summed E-state index contributed by atoms with van der Waals surface area (Å²) in [6.45, 7) is 10.4. The summed E-state index contributed by atoms with van der Waals surface area (Å²) in [4.78, 5) is 12.2. The number of methoxy groups -OCH3 is 1. The molecule has 5 nitrogen and oxygen atoms in total. The van der Waals surface area contributed by atoms with Crippen LogP contribution < -0.4 is 9.64 Å². The zero-order chi connectivity index (χ0) is 16.2. The molecule has 5 heteroatoms. The molecule has 1 aromatic rings. The zero-order valence-electron chi connectivity index (χ0n) is 14.8. The van der Waals surface area contributed by atoms with Crippen molar-refractivity contribution >= 4 is 5.82 Å². The average molecular weight is 318 g/mol. The maximum absolute atomic E-state index is 5.49. The number of aryl methyl sites for hydroxylation is 1. The molecule has 0 unspecified atom stereocenters. The van der Waals surface area contributed by atoms with Gasteiger partial charge in [-0.2, -0.15) is 0 Å². The fourth-order valence-corrected chi connectivity index (χ4v) is 3.64. The molecule has 0 spiro atoms. The predicted octanol–water partition coefficient (Wildman–Crippen LogP) is 1.86. The summed E-state index contributed by atoms with van der Waals surface area (Å²) in [6, 6.07) is 4.05. The first-order valence-electron chi connectivity index (χ1n) is 8.83. The van der Waals surface area contributed by atoms with E-state index in [4.69, 9.17) is 9.72 Å². The Hall–Kier alpha value is -1.33. The molecule has 0 aliphatic carbocycles. The smallest absolute Gasteiger partial charge is 0.171 e. The number of aromatic nitrogens is 1. The lowest BCUT2D eigenvalue weighted by molar-refractivity contribution is 0.129. The fraction of sp³-hybridized carbons (Fsp3) is 0.722. The van der Waals surface area contributed by atoms with Crippen molar-refractivity contribution in [2.45, 2.75) is 19.8 Å². The van der Waals surface area contributed by atoms with Crippen LogP contribution in [0.15, 0.2) is 12.1 Å². The van der Waals surface area contributed by atoms with Crippen LogP contribution in [-0.4, -0.2) is 74.8 Å². The minimum Gasteiger partial charge on any atom is -0.493 e. The summed E-state index contributed by atoms with van der Waals surface area (Å²) >= 11 is 0. The molecule has 3 heterocycles. The van der Waals surface area contributed by atoms with Gasteiger partial charge in [0.2, 0.25) is 0 Å². The van der Waals surface area contributed by atoms with Gasteiger partial charge in [0.1, 0.15) is 0 Å². The van der Waals surface area contributed by atoms with Gasteiger partial charge in [0.25, 0.3) is 0 Å². The molecule has 2 aliphatic heterocycles. The number of rotatable bonds is 4. The number of hydrogen-bond donors (Lipinski definition) is 0. The summed E-state index contributed by atoms with van der Waals surface area (Å²) < 4.78 is 5.49. The van der Waals surface area contributed by atoms with Crippen molar-refractivity contribution in [3.05, 3.63) is 17.8 Å². The average Bonchev–Trinajstić information content (AvgIpc) is 2.58. The van der Waals surface area contributed by atoms with E-state index in [0.29, 0.717) is 0 Å². The number of nitrogens with zero attached hydrogens (tertiary/aromatic N) is 4. The molecule has 2 aliphatic rings. The van der Waals surface area contributed by atoms with Crippen LogP contribution in [0.5, 0.6) is 5.75 Å². The number of pyridine rings is 1. The standard InChI is InChI=1S/C18H30N4O/c1-15-4-5-17(23-3)18(19-15)22-8-6-16(7-9-22)14-21-12-10-20(2)11-13-21/h4-5,16H,6-14H2,1-3H3. The quantitative estimate of drug-likeness (QED) is 0.846. The van der Waals surface area contributed by atoms with E-state index in [1.165, 1.54) is 45.6 Å². The van der Waals surface area contributed by atoms with E-state index in [0.717, 1.165) is 36.3 Å². The Balaban J connectivity index is 1.53. The van der Waals surface area contributed by atoms with Crippen LogP contribution in [0.25, 0.3) is 0 Å². The molecule has 2 fully saturated rings. The Morgan fingerprint density at radius 2 is 1.78 bits per heavy atom. The number of piperidine rings is 1. The van der Waals surface area contributed by atoms with Crippen LogP contribution in [0, 0.1) is 12.8 Å². The second-order valence-corrected chi connectivity index (χ2v) is 7.01. The molecular formula is C18H30N4O. The lowest BCUT2D eigenvalue weighted by Crippen LogP contribution is -2.47. The third kappa shape index (κ3) is 4.15. The van der Waals surface area contributed by atoms with Crippen LogP contribution in [-0.2, 0) is 0 Å². The second kappa shape index (κ2) is 7.49. The van der Waals surface area contributed by atoms with E-state index >= 15 is 0 Å². The van der Waals surface area contributed by atoms with E-state index in [2.05, 4.69) is 21.7 Å². The van der Waals surface area contributed by atoms with Gasteiger partial charge in [-0.1, -0.05) is 0 Å². The lowest BCUT2D eigenvalue weighted by atomic mass is 9.96. The minimum atomic E-state index is 0.825. The minimum absolute atomic E-state index is 0.825. The van der Waals surface area contributed by atoms with Crippen LogP contribution in [0.1, 0.15) is 18.5 Å². The van der Waals surface area contributed by atoms with Crippen molar-refractivity contribution in [1.82, 2.24) is 14.8 Å². The maximum atomic E-state index is 5.49. The van der Waals surface area contributed by atoms with E-state index in [1.54, 1.807) is 7.11 Å². The van der Waals surface area contributed by atoms with E-state index in [-0.39, 0.29) is 0 Å². The van der Waals surface area contributed by atoms with Crippen LogP contribution in [0.2, 0.25) is 0 Å². The first kappa shape index (κ1) is 16.5. The first-order valence-corrected chi connectivity index (χ1v) is 8.83. The van der Waals surface area contributed by atoms with Crippen LogP contribution >= 0.6 is 0 Å². The van der Waals surface area contributed by atoms with E-state index in [9.17, 15) is 0 Å². The Morgan fingerprint density at radius 1 is 1.09 bits per heavy atom. The lowest BCUT2D eigenvalue weighted by Gasteiger charge is -2.38. The number of ether oxygens (including phenoxy) is 1. The third-order valence-electron chi connectivity index (χ3n) is 5.22. The molecule has 0 saturated carbocycles. The van der Waals surface area contributed by atoms with Crippen molar-refractivity contribution in [3.63, 3.8) is 0 Å². The highest BCUT2D eigenvalue weighted by molar-refractivity contribution is 5.53. The second-order valence-electron chi connectivity index (χ2n) is 7.01. The first-order chi connectivity index (χ1) is 11.2. The summed E-state index contributed by atoms with van der Waals surface area (Å²) in [7, 11) is 3.95. The third-order valence-corrected chi connectivity index (χ3v) is 5.22. The van der Waals surface area contributed by atoms with Crippen LogP contribution in [0.4, 0.5) is 5.82 Å². The van der Waals surface area contributed by atoms with Crippen molar-refractivity contribution in [2.75, 3.05) is 64.9 Å². The largest absolute Gasteiger partial charge is 0.493 e. The number of likely N-dealkylation sites (N-methyl/N-ethyl adjacent to an activating group) is 1. The summed E-state index contributed by atoms with van der Waals surface area (Å²) in [5, 5.41) is 0. The molecule has 0 bridgehead atoms. The van der Waals surface area contributed by atoms with Crippen molar-refractivity contribution in [1.29, 1.82) is 0 Å². The van der Waals surface area contributed by atoms with Gasteiger partial charge in [0.15, 0.2) is 11.6 Å². The molecule has 0 amide bonds. The highest BCUT2D eigenvalue weighted by Gasteiger charge is 2.25. The SMILES string of the molecule is COc1ccc(C)nc1N1CCC(CN2CCN(C)CC2)CC1. The molecule has 2 saturated heterocycles. The highest BCUT2D eigenvalue weighted by atomic mass is 16.5. The summed E-state index contributed by atoms with van der Waals surface area (Å²) in [5.74, 6) is 2.74. The van der Waals surface area contributed by atoms with Gasteiger partial charge in [-0.25, -0.2) is 4.98 Å². The number of hydrogen-bond acceptors (Lipinski definition) is 5. The molecule has 0 aromatic carbocycles. The van der Waals surface area contributed by atoms with Gasteiger partial charge in [-0.15, -0.1) is 0 Å². The van der Waals surface area contributed by atoms with Crippen molar-refractivity contribution < 1.29 is 4.74 Å². The Labute approximate surface area is 140 Å². The molecule has 1 aromatic heterocycles. The highest BCUT2D eigenvalue weighted by Crippen LogP contribution is 2.30. The fourth-order valence-electron chi connectivity index (χ4n) is 3.64. The number of anilines is 1. The predicted molar refractivity (Wildman–Crippen MR) is 94.4 cm³/mol. The van der Waals surface area contributed by atoms with Gasteiger partial charge < -0.3 is 19.4 Å². The van der Waals surface area contributed by atoms with Crippen molar-refractivity contribution in [2.24, 2.45) is 5.92 Å². The van der Waals surface area contributed by atoms with Crippen LogP contribution in [0.3, 0.4) is 0 Å². The van der Waals surface area contributed by atoms with Crippen molar-refractivity contribution in [3.8, 4) is 5.75 Å². The normalized spacial score (nSPS) is 21.6. The monoisotopic (exact) mass is 318 g/mol. The zero-order valence-corrected chi connectivity index (χ0v) is 14.8. The topological polar surface area (TPSA) is 31.8 Å². The Bertz CT molecular complexity index is 506. The Morgan fingerprint density at radius 3 is 2.43 bits per heavy atom. The molecule has 128 valence electrons. The molecule has 0 N–H and O–H groups in total. The van der Waals surface area contributed by atoms with Gasteiger partial charge in [-0.3, -0.25) is 0 Å². The van der Waals surface area contributed by atoms with Gasteiger partial charge in [0.05, 0.1) is 7.11 Å². The van der Waals surface area contributed by atoms with E-state index in [1.807, 2.05) is 19.1 Å². The maximum Gasteiger partial charge on any atom is 0.171 e. The van der Waals surface area contributed by atoms with Gasteiger partial charge in [-0.05, 0) is 44.9 Å². The van der Waals surface area contributed by atoms with E-state index < -0.39 is 0 Å². The van der Waals surface area contributed by atoms with Gasteiger partial charge in [0, 0.05) is 51.5 Å². The molecule has 3 rings (SSSR count). The number of piperazine rings is 1. The molecular weight excluding hydrogens is 288 g/mol. The molecule has 0 atom stereocenters. The van der Waals surface area contributed by atoms with Gasteiger partial charge >= 0.3 is 0 Å². The summed E-state index contributed by atoms with van der Waals surface area (Å²) in [6.07, 6.45) is 2.51. The summed E-state index contributed by atoms with van der Waals surface area (Å²) in [5.41, 5.74) is 1.06. The Kier molecular flexibility index (Phi) is 5.38. The molecule has 23 heavy (non-hydrogen) atoms. The molecule has 0 radical (unpaired) electrons.